The predicted molar refractivity (Wildman–Crippen MR) is 367 cm³/mol. The summed E-state index contributed by atoms with van der Waals surface area (Å²) in [5, 5.41) is 9.71. The van der Waals surface area contributed by atoms with E-state index >= 15 is 0 Å². The van der Waals surface area contributed by atoms with E-state index in [0.29, 0.717) is 12.8 Å². The van der Waals surface area contributed by atoms with E-state index in [-0.39, 0.29) is 25.2 Å². The Balaban J connectivity index is 3.40. The van der Waals surface area contributed by atoms with Crippen LogP contribution in [0.3, 0.4) is 0 Å². The lowest BCUT2D eigenvalue weighted by molar-refractivity contribution is -0.161. The summed E-state index contributed by atoms with van der Waals surface area (Å²) in [6, 6.07) is 0. The van der Waals surface area contributed by atoms with Crippen molar-refractivity contribution in [3.8, 4) is 0 Å². The monoisotopic (exact) mass is 1160 g/mol. The fourth-order valence-corrected chi connectivity index (χ4v) is 11.3. The van der Waals surface area contributed by atoms with Gasteiger partial charge in [0.1, 0.15) is 6.61 Å². The number of hydrogen-bond acceptors (Lipinski definition) is 5. The summed E-state index contributed by atoms with van der Waals surface area (Å²) in [6.45, 7) is 4.08. The van der Waals surface area contributed by atoms with Crippen molar-refractivity contribution in [3.05, 3.63) is 72.9 Å². The van der Waals surface area contributed by atoms with Gasteiger partial charge >= 0.3 is 11.9 Å². The molecule has 5 heteroatoms. The second-order valence-electron chi connectivity index (χ2n) is 25.0. The molecule has 0 fully saturated rings. The Morgan fingerprint density at radius 2 is 0.518 bits per heavy atom. The van der Waals surface area contributed by atoms with E-state index in [9.17, 15) is 14.7 Å². The van der Waals surface area contributed by atoms with Gasteiger partial charge in [0.15, 0.2) is 6.10 Å². The van der Waals surface area contributed by atoms with Crippen LogP contribution in [0, 0.1) is 0 Å². The number of carbonyl (C=O) groups excluding carboxylic acids is 2. The number of aliphatic hydroxyl groups is 1. The van der Waals surface area contributed by atoms with E-state index in [4.69, 9.17) is 9.47 Å². The van der Waals surface area contributed by atoms with Crippen molar-refractivity contribution >= 4 is 11.9 Å². The molecule has 0 aliphatic carbocycles. The Bertz CT molecular complexity index is 1450. The molecule has 0 spiro atoms. The molecule has 0 aromatic rings. The van der Waals surface area contributed by atoms with E-state index < -0.39 is 6.10 Å². The Labute approximate surface area is 518 Å². The molecule has 0 radical (unpaired) electrons. The van der Waals surface area contributed by atoms with Gasteiger partial charge < -0.3 is 14.6 Å². The van der Waals surface area contributed by atoms with Gasteiger partial charge in [0.05, 0.1) is 6.61 Å². The quantitative estimate of drug-likeness (QED) is 0.0373. The number of rotatable bonds is 69. The lowest BCUT2D eigenvalue weighted by atomic mass is 10.0. The van der Waals surface area contributed by atoms with Gasteiger partial charge in [0.25, 0.3) is 0 Å². The number of unbranched alkanes of at least 4 members (excludes halogenated alkanes) is 49. The average molecular weight is 1160 g/mol. The predicted octanol–water partition coefficient (Wildman–Crippen LogP) is 25.8. The number of ether oxygens (including phenoxy) is 2. The van der Waals surface area contributed by atoms with Gasteiger partial charge in [-0.3, -0.25) is 9.59 Å². The maximum absolute atomic E-state index is 12.4. The van der Waals surface area contributed by atoms with Gasteiger partial charge in [-0.15, -0.1) is 0 Å². The summed E-state index contributed by atoms with van der Waals surface area (Å²) >= 11 is 0. The molecule has 5 nitrogen and oxygen atoms in total. The van der Waals surface area contributed by atoms with E-state index in [1.165, 1.54) is 289 Å². The highest BCUT2D eigenvalue weighted by Crippen LogP contribution is 2.19. The third-order valence-corrected chi connectivity index (χ3v) is 16.8. The van der Waals surface area contributed by atoms with Gasteiger partial charge in [0.2, 0.25) is 0 Å². The molecule has 83 heavy (non-hydrogen) atoms. The zero-order chi connectivity index (χ0) is 59.8. The van der Waals surface area contributed by atoms with Crippen LogP contribution in [-0.4, -0.2) is 36.4 Å². The molecule has 0 aliphatic heterocycles. The van der Waals surface area contributed by atoms with Gasteiger partial charge in [-0.05, 0) is 64.2 Å². The zero-order valence-electron chi connectivity index (χ0n) is 55.7. The molecule has 1 N–H and O–H groups in total. The van der Waals surface area contributed by atoms with E-state index in [2.05, 4.69) is 86.8 Å². The second kappa shape index (κ2) is 73.6. The van der Waals surface area contributed by atoms with Crippen molar-refractivity contribution in [2.75, 3.05) is 13.2 Å². The van der Waals surface area contributed by atoms with E-state index in [1.54, 1.807) is 0 Å². The molecule has 0 saturated carbocycles. The summed E-state index contributed by atoms with van der Waals surface area (Å²) < 4.78 is 10.8. The summed E-state index contributed by atoms with van der Waals surface area (Å²) in [5.74, 6) is -0.576. The van der Waals surface area contributed by atoms with E-state index in [0.717, 1.165) is 77.0 Å². The minimum absolute atomic E-state index is 0.0644. The summed E-state index contributed by atoms with van der Waals surface area (Å²) in [5.41, 5.74) is 0. The first-order valence-corrected chi connectivity index (χ1v) is 37.0. The summed E-state index contributed by atoms with van der Waals surface area (Å²) in [6.07, 6.45) is 103. The molecule has 0 amide bonds. The average Bonchev–Trinajstić information content (AvgIpc) is 3.49. The molecule has 0 rings (SSSR count). The fraction of sp³-hybridized carbons (Fsp3) is 0.821. The van der Waals surface area contributed by atoms with Crippen LogP contribution in [0.15, 0.2) is 72.9 Å². The maximum Gasteiger partial charge on any atom is 0.306 e. The SMILES string of the molecule is CC/C=C\C/C=C\C/C=C\C/C=C\C/C=C\C/C=C\CCCCCCCCCCCCCCC(=O)OC(CO)COC(=O)CCCCCCCCCCCCCCCCCCCCCCCCCCCCCCCCCCCCCCCC. The number of carbonyl (C=O) groups is 2. The number of allylic oxidation sites excluding steroid dienone is 12. The molecular weight excluding hydrogens is 1020 g/mol. The topological polar surface area (TPSA) is 72.8 Å². The van der Waals surface area contributed by atoms with Crippen molar-refractivity contribution < 1.29 is 24.2 Å². The highest BCUT2D eigenvalue weighted by atomic mass is 16.6. The minimum Gasteiger partial charge on any atom is -0.462 e. The molecule has 0 aromatic heterocycles. The fourth-order valence-electron chi connectivity index (χ4n) is 11.3. The summed E-state index contributed by atoms with van der Waals surface area (Å²) in [7, 11) is 0. The van der Waals surface area contributed by atoms with Gasteiger partial charge in [0, 0.05) is 12.8 Å². The first-order chi connectivity index (χ1) is 41.1. The third kappa shape index (κ3) is 71.7. The van der Waals surface area contributed by atoms with Crippen molar-refractivity contribution in [2.45, 2.75) is 399 Å². The number of hydrogen-bond donors (Lipinski definition) is 1. The maximum atomic E-state index is 12.4. The Hall–Kier alpha value is -2.66. The molecule has 1 atom stereocenters. The summed E-state index contributed by atoms with van der Waals surface area (Å²) in [4.78, 5) is 24.7. The van der Waals surface area contributed by atoms with E-state index in [1.807, 2.05) is 0 Å². The molecule has 0 heterocycles. The Kier molecular flexibility index (Phi) is 71.2. The van der Waals surface area contributed by atoms with Crippen LogP contribution in [0.4, 0.5) is 0 Å². The standard InChI is InChI=1S/C78H142O5/c1-3-5-7-9-11-13-15-17-19-21-23-25-27-29-31-33-35-36-37-38-39-40-41-43-44-46-48-50-52-54-56-58-60-62-64-66-68-70-72-77(80)82-75-76(74-79)83-78(81)73-71-69-67-65-63-61-59-57-55-53-51-49-47-45-42-34-32-30-28-26-24-22-20-18-16-14-12-10-8-6-4-2/h6,8,12,14,18,20,24,26,30,32,42,45,76,79H,3-5,7,9-11,13,15-17,19,21-23,25,27-29,31,33-41,43-44,46-75H2,1-2H3/b8-6-,14-12-,20-18-,26-24-,32-30-,45-42-. The van der Waals surface area contributed by atoms with Crippen LogP contribution in [0.25, 0.3) is 0 Å². The highest BCUT2D eigenvalue weighted by molar-refractivity contribution is 5.70. The molecular formula is C78H142O5. The zero-order valence-corrected chi connectivity index (χ0v) is 55.7. The van der Waals surface area contributed by atoms with Gasteiger partial charge in [-0.2, -0.15) is 0 Å². The Morgan fingerprint density at radius 3 is 0.783 bits per heavy atom. The van der Waals surface area contributed by atoms with Crippen LogP contribution >= 0.6 is 0 Å². The molecule has 0 aliphatic rings. The second-order valence-corrected chi connectivity index (χ2v) is 25.0. The van der Waals surface area contributed by atoms with Gasteiger partial charge in [-0.1, -0.05) is 389 Å². The van der Waals surface area contributed by atoms with Crippen molar-refractivity contribution in [1.29, 1.82) is 0 Å². The molecule has 0 aromatic carbocycles. The van der Waals surface area contributed by atoms with Crippen molar-refractivity contribution in [3.63, 3.8) is 0 Å². The van der Waals surface area contributed by atoms with Crippen LogP contribution in [0.5, 0.6) is 0 Å². The first kappa shape index (κ1) is 80.3. The van der Waals surface area contributed by atoms with Crippen molar-refractivity contribution in [1.82, 2.24) is 0 Å². The number of esters is 2. The molecule has 0 saturated heterocycles. The number of aliphatic hydroxyl groups excluding tert-OH is 1. The lowest BCUT2D eigenvalue weighted by Crippen LogP contribution is -2.28. The molecule has 1 unspecified atom stereocenters. The van der Waals surface area contributed by atoms with Crippen molar-refractivity contribution in [2.24, 2.45) is 0 Å². The molecule has 484 valence electrons. The van der Waals surface area contributed by atoms with Crippen LogP contribution in [0.1, 0.15) is 393 Å². The Morgan fingerprint density at radius 1 is 0.289 bits per heavy atom. The first-order valence-electron chi connectivity index (χ1n) is 37.0. The van der Waals surface area contributed by atoms with Crippen LogP contribution in [-0.2, 0) is 19.1 Å². The molecule has 0 bridgehead atoms. The smallest absolute Gasteiger partial charge is 0.306 e. The van der Waals surface area contributed by atoms with Crippen LogP contribution < -0.4 is 0 Å². The third-order valence-electron chi connectivity index (χ3n) is 16.8. The van der Waals surface area contributed by atoms with Crippen LogP contribution in [0.2, 0.25) is 0 Å². The minimum atomic E-state index is -0.776. The lowest BCUT2D eigenvalue weighted by Gasteiger charge is -2.15. The highest BCUT2D eigenvalue weighted by Gasteiger charge is 2.16. The van der Waals surface area contributed by atoms with Gasteiger partial charge in [-0.25, -0.2) is 0 Å². The normalized spacial score (nSPS) is 12.6. The largest absolute Gasteiger partial charge is 0.462 e.